The van der Waals surface area contributed by atoms with Crippen LogP contribution in [0.15, 0.2) is 39.5 Å². The molecule has 1 fully saturated rings. The fourth-order valence-corrected chi connectivity index (χ4v) is 4.37. The standard InChI is InChI=1S/C19H18O11.C7H6O5/c20-4-11-15(25)17(27)18(28)19(30-11)12-8(23)3-10-13(16(12)26)14(24)5-1-6(21)7(22)2-9(5)29-10;8-4-1-3(7(11)12)2-5(9)6(4)10/h1-3,11,15,17-23,25-28H,4H2;1-2,8-10H,(H,11,12)/t11-,15-,17+,18-,19+;/m1./s1. The summed E-state index contributed by atoms with van der Waals surface area (Å²) in [5, 5.41) is 114. The summed E-state index contributed by atoms with van der Waals surface area (Å²) in [7, 11) is 0. The molecule has 0 spiro atoms. The van der Waals surface area contributed by atoms with Crippen molar-refractivity contribution in [3.8, 4) is 40.2 Å². The molecule has 0 bridgehead atoms. The molecule has 0 amide bonds. The van der Waals surface area contributed by atoms with Crippen molar-refractivity contribution in [1.82, 2.24) is 0 Å². The van der Waals surface area contributed by atoms with Gasteiger partial charge in [-0.2, -0.15) is 0 Å². The lowest BCUT2D eigenvalue weighted by molar-refractivity contribution is -0.232. The Bertz CT molecular complexity index is 1720. The molecule has 1 aliphatic rings. The average molecular weight is 592 g/mol. The van der Waals surface area contributed by atoms with Crippen molar-refractivity contribution in [2.45, 2.75) is 30.5 Å². The van der Waals surface area contributed by atoms with Gasteiger partial charge in [-0.3, -0.25) is 4.79 Å². The van der Waals surface area contributed by atoms with E-state index in [-0.39, 0.29) is 22.1 Å². The van der Waals surface area contributed by atoms with Gasteiger partial charge >= 0.3 is 5.97 Å². The maximum atomic E-state index is 12.9. The summed E-state index contributed by atoms with van der Waals surface area (Å²) in [5.41, 5.74) is -1.95. The Morgan fingerprint density at radius 3 is 1.86 bits per heavy atom. The molecule has 5 rings (SSSR count). The lowest BCUT2D eigenvalue weighted by Crippen LogP contribution is -2.55. The van der Waals surface area contributed by atoms with E-state index in [0.717, 1.165) is 30.3 Å². The third-order valence-electron chi connectivity index (χ3n) is 6.54. The van der Waals surface area contributed by atoms with Gasteiger partial charge in [0.15, 0.2) is 28.7 Å². The van der Waals surface area contributed by atoms with E-state index in [1.165, 1.54) is 0 Å². The maximum absolute atomic E-state index is 12.9. The van der Waals surface area contributed by atoms with Crippen LogP contribution in [0.4, 0.5) is 0 Å². The molecule has 5 atom stereocenters. The highest BCUT2D eigenvalue weighted by atomic mass is 16.5. The fraction of sp³-hybridized carbons (Fsp3) is 0.231. The van der Waals surface area contributed by atoms with Crippen molar-refractivity contribution in [3.63, 3.8) is 0 Å². The van der Waals surface area contributed by atoms with E-state index >= 15 is 0 Å². The van der Waals surface area contributed by atoms with E-state index in [0.29, 0.717) is 0 Å². The second-order valence-electron chi connectivity index (χ2n) is 9.22. The molecule has 2 heterocycles. The molecule has 42 heavy (non-hydrogen) atoms. The Kier molecular flexibility index (Phi) is 7.93. The van der Waals surface area contributed by atoms with Gasteiger partial charge in [-0.05, 0) is 18.2 Å². The average Bonchev–Trinajstić information content (AvgIpc) is 2.92. The molecular weight excluding hydrogens is 568 g/mol. The van der Waals surface area contributed by atoms with Crippen LogP contribution in [0.5, 0.6) is 40.2 Å². The molecule has 224 valence electrons. The zero-order chi connectivity index (χ0) is 31.2. The van der Waals surface area contributed by atoms with Crippen LogP contribution >= 0.6 is 0 Å². The Morgan fingerprint density at radius 2 is 1.29 bits per heavy atom. The Hall–Kier alpha value is -5.00. The molecule has 0 unspecified atom stereocenters. The highest BCUT2D eigenvalue weighted by Gasteiger charge is 2.46. The van der Waals surface area contributed by atoms with Gasteiger partial charge < -0.3 is 70.4 Å². The number of aliphatic hydroxyl groups is 4. The van der Waals surface area contributed by atoms with Crippen molar-refractivity contribution in [3.05, 3.63) is 51.7 Å². The second-order valence-corrected chi connectivity index (χ2v) is 9.22. The fourth-order valence-electron chi connectivity index (χ4n) is 4.37. The summed E-state index contributed by atoms with van der Waals surface area (Å²) >= 11 is 0. The summed E-state index contributed by atoms with van der Waals surface area (Å²) in [6.07, 6.45) is -8.16. The van der Waals surface area contributed by atoms with E-state index in [1.807, 2.05) is 0 Å². The van der Waals surface area contributed by atoms with E-state index in [2.05, 4.69) is 0 Å². The van der Waals surface area contributed by atoms with Crippen LogP contribution in [0.25, 0.3) is 21.9 Å². The minimum absolute atomic E-state index is 0.123. The first-order chi connectivity index (χ1) is 19.7. The first-order valence-electron chi connectivity index (χ1n) is 11.8. The molecule has 3 aromatic carbocycles. The smallest absolute Gasteiger partial charge is 0.335 e. The van der Waals surface area contributed by atoms with E-state index in [9.17, 15) is 50.4 Å². The van der Waals surface area contributed by atoms with Gasteiger partial charge in [-0.15, -0.1) is 0 Å². The number of carbonyl (C=O) groups is 1. The van der Waals surface area contributed by atoms with Gasteiger partial charge in [-0.25, -0.2) is 4.79 Å². The number of carboxylic acid groups (broad SMARTS) is 1. The molecule has 0 saturated carbocycles. The monoisotopic (exact) mass is 592 g/mol. The van der Waals surface area contributed by atoms with Gasteiger partial charge in [0.2, 0.25) is 5.43 Å². The van der Waals surface area contributed by atoms with Crippen molar-refractivity contribution < 1.29 is 75.2 Å². The Balaban J connectivity index is 0.000000283. The molecule has 1 aliphatic heterocycles. The number of hydrogen-bond acceptors (Lipinski definition) is 15. The van der Waals surface area contributed by atoms with Gasteiger partial charge in [0, 0.05) is 12.1 Å². The summed E-state index contributed by atoms with van der Waals surface area (Å²) in [6.45, 7) is -0.730. The third-order valence-corrected chi connectivity index (χ3v) is 6.54. The van der Waals surface area contributed by atoms with Crippen LogP contribution in [0.3, 0.4) is 0 Å². The predicted octanol–water partition coefficient (Wildman–Crippen LogP) is -0.215. The summed E-state index contributed by atoms with van der Waals surface area (Å²) in [4.78, 5) is 23.2. The number of benzene rings is 3. The molecule has 12 N–H and O–H groups in total. The van der Waals surface area contributed by atoms with Crippen molar-refractivity contribution in [1.29, 1.82) is 0 Å². The number of aliphatic hydroxyl groups excluding tert-OH is 4. The van der Waals surface area contributed by atoms with E-state index < -0.39 is 99.7 Å². The summed E-state index contributed by atoms with van der Waals surface area (Å²) in [5.74, 6) is -5.95. The van der Waals surface area contributed by atoms with E-state index in [4.69, 9.17) is 29.6 Å². The highest BCUT2D eigenvalue weighted by molar-refractivity contribution is 5.96. The highest BCUT2D eigenvalue weighted by Crippen LogP contribution is 2.45. The number of phenols is 7. The van der Waals surface area contributed by atoms with Crippen LogP contribution in [0.2, 0.25) is 0 Å². The first kappa shape index (κ1) is 30.0. The maximum Gasteiger partial charge on any atom is 0.335 e. The van der Waals surface area contributed by atoms with Crippen molar-refractivity contribution in [2.75, 3.05) is 6.61 Å². The van der Waals surface area contributed by atoms with Crippen LogP contribution in [0, 0.1) is 0 Å². The van der Waals surface area contributed by atoms with Crippen LogP contribution in [-0.4, -0.2) is 98.3 Å². The molecule has 16 heteroatoms. The van der Waals surface area contributed by atoms with Gasteiger partial charge in [0.05, 0.1) is 23.1 Å². The minimum atomic E-state index is -1.81. The zero-order valence-corrected chi connectivity index (χ0v) is 21.0. The molecule has 16 nitrogen and oxygen atoms in total. The van der Waals surface area contributed by atoms with Crippen LogP contribution in [-0.2, 0) is 4.74 Å². The van der Waals surface area contributed by atoms with E-state index in [1.54, 1.807) is 0 Å². The number of aromatic hydroxyl groups is 7. The number of fused-ring (bicyclic) bond motifs is 2. The Labute approximate surface area is 232 Å². The van der Waals surface area contributed by atoms with Crippen molar-refractivity contribution in [2.24, 2.45) is 0 Å². The number of hydrogen-bond donors (Lipinski definition) is 12. The topological polar surface area (TPSA) is 299 Å². The first-order valence-corrected chi connectivity index (χ1v) is 11.8. The number of rotatable bonds is 3. The molecule has 0 radical (unpaired) electrons. The molecule has 1 saturated heterocycles. The molecular formula is C26H24O16. The largest absolute Gasteiger partial charge is 0.507 e. The summed E-state index contributed by atoms with van der Waals surface area (Å²) in [6, 6.07) is 4.59. The second kappa shape index (κ2) is 11.1. The van der Waals surface area contributed by atoms with Crippen molar-refractivity contribution >= 4 is 27.9 Å². The molecule has 4 aromatic rings. The zero-order valence-electron chi connectivity index (χ0n) is 21.0. The van der Waals surface area contributed by atoms with Gasteiger partial charge in [0.25, 0.3) is 0 Å². The third kappa shape index (κ3) is 5.11. The predicted molar refractivity (Wildman–Crippen MR) is 138 cm³/mol. The summed E-state index contributed by atoms with van der Waals surface area (Å²) < 4.78 is 10.8. The number of aromatic carboxylic acids is 1. The normalized spacial score (nSPS) is 22.0. The van der Waals surface area contributed by atoms with Crippen LogP contribution in [0.1, 0.15) is 22.0 Å². The number of phenolic OH excluding ortho intramolecular Hbond substituents is 7. The molecule has 0 aliphatic carbocycles. The Morgan fingerprint density at radius 1 is 0.714 bits per heavy atom. The van der Waals surface area contributed by atoms with Gasteiger partial charge in [0.1, 0.15) is 58.6 Å². The van der Waals surface area contributed by atoms with Gasteiger partial charge in [-0.1, -0.05) is 0 Å². The number of carboxylic acids is 1. The number of ether oxygens (including phenoxy) is 1. The lowest BCUT2D eigenvalue weighted by atomic mass is 9.89. The van der Waals surface area contributed by atoms with Crippen LogP contribution < -0.4 is 5.43 Å². The minimum Gasteiger partial charge on any atom is -0.507 e. The SMILES string of the molecule is O=C(O)c1cc(O)c(O)c(O)c1.O=c1c2cc(O)c(O)cc2oc2cc(O)c([C@@H]3O[C@H](CO)[C@@H](O)[C@H](O)[C@H]3O)c(O)c12. The molecule has 1 aromatic heterocycles. The lowest BCUT2D eigenvalue weighted by Gasteiger charge is -2.40. The quantitative estimate of drug-likeness (QED) is 0.108.